The monoisotopic (exact) mass is 232 g/mol. The molecular weight excluding hydrogens is 216 g/mol. The van der Waals surface area contributed by atoms with Crippen molar-refractivity contribution in [3.8, 4) is 0 Å². The van der Waals surface area contributed by atoms with E-state index in [2.05, 4.69) is 0 Å². The van der Waals surface area contributed by atoms with Crippen molar-refractivity contribution in [1.29, 1.82) is 0 Å². The third-order valence-corrected chi connectivity index (χ3v) is 2.85. The Morgan fingerprint density at radius 2 is 1.87 bits per heavy atom. The van der Waals surface area contributed by atoms with E-state index in [1.807, 2.05) is 0 Å². The molecular formula is C10H17ClN2O2. The Balaban J connectivity index is 2.30. The molecule has 0 N–H and O–H groups in total. The average molecular weight is 233 g/mol. The number of amides is 2. The first-order chi connectivity index (χ1) is 7.16. The smallest absolute Gasteiger partial charge is 0.312 e. The summed E-state index contributed by atoms with van der Waals surface area (Å²) in [6.45, 7) is 1.97. The summed E-state index contributed by atoms with van der Waals surface area (Å²) in [5.74, 6) is -0.0940. The van der Waals surface area contributed by atoms with Crippen LogP contribution in [0.1, 0.15) is 19.3 Å². The number of hydrogen-bond acceptors (Lipinski definition) is 2. The largest absolute Gasteiger partial charge is 0.336 e. The van der Waals surface area contributed by atoms with Crippen molar-refractivity contribution in [2.45, 2.75) is 19.3 Å². The predicted molar refractivity (Wildman–Crippen MR) is 58.8 cm³/mol. The zero-order valence-corrected chi connectivity index (χ0v) is 9.79. The maximum absolute atomic E-state index is 11.5. The standard InChI is InChI=1S/C10H17ClN2O2/c1-12-7-8-13(10(15)9(12)14)6-4-2-3-5-11/h2-8H2,1H3. The van der Waals surface area contributed by atoms with Gasteiger partial charge >= 0.3 is 11.8 Å². The summed E-state index contributed by atoms with van der Waals surface area (Å²) in [5, 5.41) is 0. The Hall–Kier alpha value is -0.770. The fraction of sp³-hybridized carbons (Fsp3) is 0.800. The third-order valence-electron chi connectivity index (χ3n) is 2.58. The van der Waals surface area contributed by atoms with E-state index >= 15 is 0 Å². The summed E-state index contributed by atoms with van der Waals surface area (Å²) in [5.41, 5.74) is 0. The lowest BCUT2D eigenvalue weighted by Gasteiger charge is -2.31. The summed E-state index contributed by atoms with van der Waals surface area (Å²) in [7, 11) is 1.66. The normalized spacial score (nSPS) is 17.5. The van der Waals surface area contributed by atoms with Crippen LogP contribution in [0, 0.1) is 0 Å². The Labute approximate surface area is 95.2 Å². The van der Waals surface area contributed by atoms with E-state index in [0.29, 0.717) is 25.5 Å². The van der Waals surface area contributed by atoms with E-state index in [0.717, 1.165) is 19.3 Å². The van der Waals surface area contributed by atoms with Gasteiger partial charge in [-0.1, -0.05) is 6.42 Å². The lowest BCUT2D eigenvalue weighted by molar-refractivity contribution is -0.154. The fourth-order valence-electron chi connectivity index (χ4n) is 1.56. The van der Waals surface area contributed by atoms with Gasteiger partial charge in [-0.05, 0) is 12.8 Å². The van der Waals surface area contributed by atoms with E-state index in [-0.39, 0.29) is 5.91 Å². The molecule has 86 valence electrons. The molecule has 2 amide bonds. The molecule has 1 heterocycles. The number of halogens is 1. The minimum Gasteiger partial charge on any atom is -0.336 e. The summed E-state index contributed by atoms with van der Waals surface area (Å²) >= 11 is 5.55. The highest BCUT2D eigenvalue weighted by atomic mass is 35.5. The molecule has 0 aromatic rings. The highest BCUT2D eigenvalue weighted by Crippen LogP contribution is 2.06. The molecule has 0 saturated carbocycles. The molecule has 15 heavy (non-hydrogen) atoms. The zero-order valence-electron chi connectivity index (χ0n) is 9.04. The lowest BCUT2D eigenvalue weighted by atomic mass is 10.2. The number of piperazine rings is 1. The van der Waals surface area contributed by atoms with Crippen LogP contribution in [0.5, 0.6) is 0 Å². The van der Waals surface area contributed by atoms with Crippen LogP contribution < -0.4 is 0 Å². The number of carbonyl (C=O) groups is 2. The first-order valence-electron chi connectivity index (χ1n) is 5.27. The Kier molecular flexibility index (Phi) is 4.88. The number of alkyl halides is 1. The van der Waals surface area contributed by atoms with Gasteiger partial charge in [0.25, 0.3) is 0 Å². The highest BCUT2D eigenvalue weighted by molar-refractivity contribution is 6.35. The van der Waals surface area contributed by atoms with Crippen LogP contribution in [0.3, 0.4) is 0 Å². The van der Waals surface area contributed by atoms with Gasteiger partial charge in [0.2, 0.25) is 0 Å². The van der Waals surface area contributed by atoms with Crippen LogP contribution in [0.2, 0.25) is 0 Å². The van der Waals surface area contributed by atoms with E-state index in [1.54, 1.807) is 11.9 Å². The summed E-state index contributed by atoms with van der Waals surface area (Å²) < 4.78 is 0. The first kappa shape index (κ1) is 12.3. The van der Waals surface area contributed by atoms with E-state index in [4.69, 9.17) is 11.6 Å². The second kappa shape index (κ2) is 5.95. The molecule has 1 fully saturated rings. The van der Waals surface area contributed by atoms with Crippen molar-refractivity contribution in [1.82, 2.24) is 9.80 Å². The molecule has 1 rings (SSSR count). The van der Waals surface area contributed by atoms with Crippen LogP contribution in [-0.2, 0) is 9.59 Å². The number of rotatable bonds is 5. The zero-order chi connectivity index (χ0) is 11.3. The molecule has 1 saturated heterocycles. The Morgan fingerprint density at radius 1 is 1.13 bits per heavy atom. The number of unbranched alkanes of at least 4 members (excludes halogenated alkanes) is 2. The predicted octanol–water partition coefficient (Wildman–Crippen LogP) is 0.696. The highest BCUT2D eigenvalue weighted by Gasteiger charge is 2.29. The molecule has 0 aliphatic carbocycles. The van der Waals surface area contributed by atoms with Crippen LogP contribution in [0.15, 0.2) is 0 Å². The molecule has 0 aromatic heterocycles. The van der Waals surface area contributed by atoms with Crippen molar-refractivity contribution < 1.29 is 9.59 Å². The van der Waals surface area contributed by atoms with E-state index in [1.165, 1.54) is 4.90 Å². The first-order valence-corrected chi connectivity index (χ1v) is 5.80. The third kappa shape index (κ3) is 3.38. The van der Waals surface area contributed by atoms with Gasteiger partial charge in [-0.15, -0.1) is 11.6 Å². The quantitative estimate of drug-likeness (QED) is 0.398. The number of nitrogens with zero attached hydrogens (tertiary/aromatic N) is 2. The Bertz CT molecular complexity index is 246. The molecule has 1 aliphatic rings. The van der Waals surface area contributed by atoms with Crippen molar-refractivity contribution in [3.63, 3.8) is 0 Å². The number of hydrogen-bond donors (Lipinski definition) is 0. The molecule has 0 spiro atoms. The van der Waals surface area contributed by atoms with E-state index in [9.17, 15) is 9.59 Å². The van der Waals surface area contributed by atoms with Crippen LogP contribution >= 0.6 is 11.6 Å². The van der Waals surface area contributed by atoms with Crippen molar-refractivity contribution in [2.75, 3.05) is 32.6 Å². The Morgan fingerprint density at radius 3 is 2.53 bits per heavy atom. The van der Waals surface area contributed by atoms with Crippen molar-refractivity contribution in [2.24, 2.45) is 0 Å². The fourth-order valence-corrected chi connectivity index (χ4v) is 1.75. The molecule has 1 aliphatic heterocycles. The van der Waals surface area contributed by atoms with Gasteiger partial charge in [0.05, 0.1) is 0 Å². The van der Waals surface area contributed by atoms with Gasteiger partial charge < -0.3 is 9.80 Å². The molecule has 0 atom stereocenters. The van der Waals surface area contributed by atoms with Gasteiger partial charge in [-0.3, -0.25) is 9.59 Å². The van der Waals surface area contributed by atoms with Crippen LogP contribution in [0.25, 0.3) is 0 Å². The SMILES string of the molecule is CN1CCN(CCCCCCl)C(=O)C1=O. The molecule has 4 nitrogen and oxygen atoms in total. The minimum absolute atomic E-state index is 0.366. The van der Waals surface area contributed by atoms with Gasteiger partial charge in [0.1, 0.15) is 0 Å². The lowest BCUT2D eigenvalue weighted by Crippen LogP contribution is -2.52. The second-order valence-electron chi connectivity index (χ2n) is 3.77. The summed E-state index contributed by atoms with van der Waals surface area (Å²) in [4.78, 5) is 26.0. The topological polar surface area (TPSA) is 40.6 Å². The maximum atomic E-state index is 11.5. The molecule has 0 aromatic carbocycles. The molecule has 5 heteroatoms. The summed E-state index contributed by atoms with van der Waals surface area (Å²) in [6, 6.07) is 0. The average Bonchev–Trinajstić information content (AvgIpc) is 2.24. The minimum atomic E-state index is -0.390. The number of carbonyl (C=O) groups excluding carboxylic acids is 2. The van der Waals surface area contributed by atoms with Crippen molar-refractivity contribution in [3.05, 3.63) is 0 Å². The molecule has 0 radical (unpaired) electrons. The van der Waals surface area contributed by atoms with E-state index < -0.39 is 5.91 Å². The van der Waals surface area contributed by atoms with Crippen LogP contribution in [-0.4, -0.2) is 54.2 Å². The number of likely N-dealkylation sites (N-methyl/N-ethyl adjacent to an activating group) is 1. The molecule has 0 bridgehead atoms. The molecule has 0 unspecified atom stereocenters. The van der Waals surface area contributed by atoms with Crippen molar-refractivity contribution >= 4 is 23.4 Å². The van der Waals surface area contributed by atoms with Gasteiger partial charge in [-0.25, -0.2) is 0 Å². The maximum Gasteiger partial charge on any atom is 0.312 e. The van der Waals surface area contributed by atoms with Crippen LogP contribution in [0.4, 0.5) is 0 Å². The van der Waals surface area contributed by atoms with Gasteiger partial charge in [0.15, 0.2) is 0 Å². The van der Waals surface area contributed by atoms with Gasteiger partial charge in [-0.2, -0.15) is 0 Å². The second-order valence-corrected chi connectivity index (χ2v) is 4.15. The summed E-state index contributed by atoms with van der Waals surface area (Å²) in [6.07, 6.45) is 2.91. The van der Waals surface area contributed by atoms with Gasteiger partial charge in [0, 0.05) is 32.6 Å².